The maximum Gasteiger partial charge on any atom is 0.522 e. The quantitative estimate of drug-likeness (QED) is 0.335. The average Bonchev–Trinajstić information content (AvgIpc) is 2.78. The fourth-order valence-corrected chi connectivity index (χ4v) is 4.63. The van der Waals surface area contributed by atoms with Crippen molar-refractivity contribution < 1.29 is 40.9 Å². The smallest absolute Gasteiger partial charge is 0.457 e. The number of halogens is 7. The summed E-state index contributed by atoms with van der Waals surface area (Å²) in [6, 6.07) is 11.5. The van der Waals surface area contributed by atoms with E-state index < -0.39 is 31.3 Å². The van der Waals surface area contributed by atoms with Crippen LogP contribution in [0.15, 0.2) is 42.5 Å². The maximum atomic E-state index is 13.2. The second-order valence-electron chi connectivity index (χ2n) is 8.89. The number of rotatable bonds is 9. The molecule has 1 N–H and O–H groups in total. The third kappa shape index (κ3) is 8.45. The summed E-state index contributed by atoms with van der Waals surface area (Å²) in [6.07, 6.45) is -11.3. The van der Waals surface area contributed by atoms with Gasteiger partial charge in [-0.25, -0.2) is 0 Å². The first-order chi connectivity index (χ1) is 16.8. The first kappa shape index (κ1) is 28.4. The monoisotopic (exact) mass is 539 g/mol. The number of alkyl halides is 6. The lowest BCUT2D eigenvalue weighted by molar-refractivity contribution is -0.346. The minimum absolute atomic E-state index is 0.0231. The van der Waals surface area contributed by atoms with Gasteiger partial charge in [-0.3, -0.25) is 4.74 Å². The van der Waals surface area contributed by atoms with E-state index in [0.29, 0.717) is 41.5 Å². The van der Waals surface area contributed by atoms with Crippen molar-refractivity contribution in [2.75, 3.05) is 18.0 Å². The Morgan fingerprint density at radius 2 is 1.78 bits per heavy atom. The van der Waals surface area contributed by atoms with E-state index in [1.54, 1.807) is 36.4 Å². The minimum atomic E-state index is -4.85. The van der Waals surface area contributed by atoms with Crippen LogP contribution in [0.2, 0.25) is 5.02 Å². The lowest BCUT2D eigenvalue weighted by Crippen LogP contribution is -2.44. The van der Waals surface area contributed by atoms with Crippen molar-refractivity contribution in [3.8, 4) is 11.5 Å². The highest BCUT2D eigenvalue weighted by molar-refractivity contribution is 6.31. The summed E-state index contributed by atoms with van der Waals surface area (Å²) in [5, 5.41) is 10.3. The van der Waals surface area contributed by atoms with Crippen molar-refractivity contribution in [1.82, 2.24) is 0 Å². The molecule has 36 heavy (non-hydrogen) atoms. The lowest BCUT2D eigenvalue weighted by atomic mass is 9.86. The highest BCUT2D eigenvalue weighted by Gasteiger charge is 2.40. The molecule has 0 amide bonds. The van der Waals surface area contributed by atoms with E-state index in [4.69, 9.17) is 16.3 Å². The molecule has 2 aromatic rings. The van der Waals surface area contributed by atoms with Gasteiger partial charge in [0.25, 0.3) is 0 Å². The van der Waals surface area contributed by atoms with Gasteiger partial charge in [-0.2, -0.15) is 13.2 Å². The van der Waals surface area contributed by atoms with Gasteiger partial charge in [0.15, 0.2) is 6.10 Å². The van der Waals surface area contributed by atoms with Gasteiger partial charge in [0, 0.05) is 23.3 Å². The van der Waals surface area contributed by atoms with Gasteiger partial charge >= 0.3 is 12.5 Å². The summed E-state index contributed by atoms with van der Waals surface area (Å²) in [5.74, 6) is 0.500. The Morgan fingerprint density at radius 1 is 1.06 bits per heavy atom. The molecular weight excluding hydrogens is 512 g/mol. The Labute approximate surface area is 210 Å². The van der Waals surface area contributed by atoms with Gasteiger partial charge in [0.05, 0.1) is 12.6 Å². The molecule has 200 valence electrons. The predicted molar refractivity (Wildman–Crippen MR) is 125 cm³/mol. The minimum Gasteiger partial charge on any atom is -0.457 e. The number of ether oxygens (including phenoxy) is 2. The van der Waals surface area contributed by atoms with Gasteiger partial charge in [0.1, 0.15) is 11.5 Å². The Morgan fingerprint density at radius 3 is 2.44 bits per heavy atom. The largest absolute Gasteiger partial charge is 0.522 e. The Balaban J connectivity index is 1.80. The van der Waals surface area contributed by atoms with Gasteiger partial charge < -0.3 is 14.7 Å². The number of aryl methyl sites for hydroxylation is 1. The van der Waals surface area contributed by atoms with E-state index in [1.165, 1.54) is 11.0 Å². The van der Waals surface area contributed by atoms with Crippen LogP contribution in [-0.4, -0.2) is 42.9 Å². The van der Waals surface area contributed by atoms with E-state index >= 15 is 0 Å². The molecule has 3 rings (SSSR count). The molecule has 0 spiro atoms. The molecular formula is C25H28ClF6NO3. The number of anilines is 1. The molecule has 1 aliphatic rings. The molecule has 0 aromatic heterocycles. The van der Waals surface area contributed by atoms with Gasteiger partial charge in [-0.1, -0.05) is 31.0 Å². The topological polar surface area (TPSA) is 41.9 Å². The van der Waals surface area contributed by atoms with Crippen molar-refractivity contribution in [1.29, 1.82) is 0 Å². The van der Waals surface area contributed by atoms with Crippen LogP contribution in [0.1, 0.15) is 38.2 Å². The normalized spacial score (nSPS) is 19.7. The molecule has 11 heteroatoms. The molecule has 0 saturated heterocycles. The van der Waals surface area contributed by atoms with Crippen molar-refractivity contribution in [2.24, 2.45) is 5.92 Å². The second kappa shape index (κ2) is 11.9. The van der Waals surface area contributed by atoms with E-state index in [2.05, 4.69) is 4.74 Å². The number of hydrogen-bond donors (Lipinski definition) is 1. The summed E-state index contributed by atoms with van der Waals surface area (Å²) in [7, 11) is 0. The third-order valence-electron chi connectivity index (χ3n) is 6.10. The number of aliphatic hydroxyl groups is 1. The van der Waals surface area contributed by atoms with Gasteiger partial charge in [-0.15, -0.1) is 13.2 Å². The molecule has 2 aromatic carbocycles. The number of aliphatic hydroxyl groups excluding tert-OH is 1. The first-order valence-electron chi connectivity index (χ1n) is 11.6. The van der Waals surface area contributed by atoms with E-state index in [9.17, 15) is 31.4 Å². The van der Waals surface area contributed by atoms with Crippen LogP contribution in [0, 0.1) is 5.92 Å². The van der Waals surface area contributed by atoms with Crippen LogP contribution in [0.25, 0.3) is 0 Å². The summed E-state index contributed by atoms with van der Waals surface area (Å²) in [4.78, 5) is 1.34. The van der Waals surface area contributed by atoms with Crippen molar-refractivity contribution in [3.05, 3.63) is 53.1 Å². The zero-order valence-corrected chi connectivity index (χ0v) is 20.3. The first-order valence-corrected chi connectivity index (χ1v) is 12.0. The molecule has 0 heterocycles. The van der Waals surface area contributed by atoms with Crippen LogP contribution in [0.5, 0.6) is 11.5 Å². The number of nitrogens with zero attached hydrogens (tertiary/aromatic N) is 1. The highest BCUT2D eigenvalue weighted by atomic mass is 35.5. The lowest BCUT2D eigenvalue weighted by Gasteiger charge is -2.35. The van der Waals surface area contributed by atoms with Crippen LogP contribution in [0.3, 0.4) is 0 Å². The van der Waals surface area contributed by atoms with E-state index in [-0.39, 0.29) is 25.3 Å². The molecule has 0 bridgehead atoms. The highest BCUT2D eigenvalue weighted by Crippen LogP contribution is 2.34. The third-order valence-corrected chi connectivity index (χ3v) is 6.47. The Kier molecular flexibility index (Phi) is 9.40. The fraction of sp³-hybridized carbons (Fsp3) is 0.520. The zero-order valence-electron chi connectivity index (χ0n) is 19.6. The second-order valence-corrected chi connectivity index (χ2v) is 9.29. The van der Waals surface area contributed by atoms with Crippen LogP contribution >= 0.6 is 11.6 Å². The molecule has 3 unspecified atom stereocenters. The molecule has 1 fully saturated rings. The van der Waals surface area contributed by atoms with Crippen LogP contribution in [0.4, 0.5) is 32.0 Å². The van der Waals surface area contributed by atoms with E-state index in [0.717, 1.165) is 5.56 Å². The summed E-state index contributed by atoms with van der Waals surface area (Å²) >= 11 is 6.14. The number of benzene rings is 2. The molecule has 4 nitrogen and oxygen atoms in total. The van der Waals surface area contributed by atoms with Crippen molar-refractivity contribution >= 4 is 17.3 Å². The van der Waals surface area contributed by atoms with Gasteiger partial charge in [0.2, 0.25) is 0 Å². The SMILES string of the molecule is CCc1cc(Oc2cccc(N(CC3CCCC(OC(F)(F)F)C3)CC(O)C(F)(F)F)c2)ccc1Cl. The Bertz CT molecular complexity index is 1000. The predicted octanol–water partition coefficient (Wildman–Crippen LogP) is 7.52. The van der Waals surface area contributed by atoms with Gasteiger partial charge in [-0.05, 0) is 67.5 Å². The molecule has 0 aliphatic heterocycles. The number of hydrogen-bond acceptors (Lipinski definition) is 4. The van der Waals surface area contributed by atoms with Crippen molar-refractivity contribution in [3.63, 3.8) is 0 Å². The standard InChI is InChI=1S/C25H28ClF6NO3/c1-2-17-12-20(9-10-22(17)26)35-19-7-4-6-18(13-19)33(15-23(34)24(27,28)29)14-16-5-3-8-21(11-16)36-25(30,31)32/h4,6-7,9-10,12-13,16,21,23,34H,2-3,5,8,11,14-15H2,1H3. The van der Waals surface area contributed by atoms with Crippen LogP contribution < -0.4 is 9.64 Å². The molecule has 1 saturated carbocycles. The molecule has 3 atom stereocenters. The summed E-state index contributed by atoms with van der Waals surface area (Å²) in [5.41, 5.74) is 1.22. The zero-order chi connectivity index (χ0) is 26.5. The summed E-state index contributed by atoms with van der Waals surface area (Å²) < 4.78 is 87.6. The van der Waals surface area contributed by atoms with Crippen molar-refractivity contribution in [2.45, 2.75) is 63.8 Å². The summed E-state index contributed by atoms with van der Waals surface area (Å²) in [6.45, 7) is 1.19. The fourth-order valence-electron chi connectivity index (χ4n) is 4.38. The van der Waals surface area contributed by atoms with Crippen LogP contribution in [-0.2, 0) is 11.2 Å². The van der Waals surface area contributed by atoms with E-state index in [1.807, 2.05) is 6.92 Å². The maximum absolute atomic E-state index is 13.2. The average molecular weight is 540 g/mol. The molecule has 0 radical (unpaired) electrons. The molecule has 1 aliphatic carbocycles. The Hall–Kier alpha value is -2.17.